The van der Waals surface area contributed by atoms with Gasteiger partial charge in [0.05, 0.1) is 0 Å². The van der Waals surface area contributed by atoms with Gasteiger partial charge in [0.15, 0.2) is 0 Å². The Bertz CT molecular complexity index is 356. The van der Waals surface area contributed by atoms with Gasteiger partial charge in [-0.05, 0) is 36.1 Å². The van der Waals surface area contributed by atoms with Gasteiger partial charge in [0.2, 0.25) is 0 Å². The second kappa shape index (κ2) is 7.58. The van der Waals surface area contributed by atoms with Crippen LogP contribution >= 0.6 is 23.4 Å². The normalized spacial score (nSPS) is 12.4. The molecule has 94 valence electrons. The first-order chi connectivity index (χ1) is 8.13. The molecule has 0 unspecified atom stereocenters. The lowest BCUT2D eigenvalue weighted by Gasteiger charge is -2.13. The van der Waals surface area contributed by atoms with Gasteiger partial charge in [0.25, 0.3) is 0 Å². The molecule has 1 rings (SSSR count). The molecule has 0 aromatic heterocycles. The van der Waals surface area contributed by atoms with E-state index in [1.54, 1.807) is 23.9 Å². The number of carboxylic acid groups (broad SMARTS) is 1. The maximum absolute atomic E-state index is 11.0. The summed E-state index contributed by atoms with van der Waals surface area (Å²) in [5.74, 6) is 0.0397. The van der Waals surface area contributed by atoms with Gasteiger partial charge in [0.1, 0.15) is 6.04 Å². The summed E-state index contributed by atoms with van der Waals surface area (Å²) in [7, 11) is 0. The van der Waals surface area contributed by atoms with Crippen molar-refractivity contribution in [1.29, 1.82) is 0 Å². The van der Waals surface area contributed by atoms with Crippen LogP contribution in [0.25, 0.3) is 0 Å². The van der Waals surface area contributed by atoms with Crippen molar-refractivity contribution in [2.24, 2.45) is 0 Å². The first-order valence-corrected chi connectivity index (χ1v) is 7.10. The van der Waals surface area contributed by atoms with Gasteiger partial charge in [-0.15, -0.1) is 0 Å². The van der Waals surface area contributed by atoms with E-state index in [1.165, 1.54) is 0 Å². The Hall–Kier alpha value is -0.710. The van der Waals surface area contributed by atoms with Crippen LogP contribution in [0.4, 0.5) is 0 Å². The Balaban J connectivity index is 2.45. The Morgan fingerprint density at radius 3 is 2.65 bits per heavy atom. The number of rotatable bonds is 7. The highest BCUT2D eigenvalue weighted by Gasteiger charge is 2.15. The summed E-state index contributed by atoms with van der Waals surface area (Å²) in [5, 5.41) is 12.7. The predicted molar refractivity (Wildman–Crippen MR) is 72.7 cm³/mol. The third-order valence-electron chi connectivity index (χ3n) is 2.37. The second-order valence-corrected chi connectivity index (χ2v) is 5.10. The van der Waals surface area contributed by atoms with E-state index in [0.29, 0.717) is 18.0 Å². The molecule has 3 nitrogen and oxygen atoms in total. The topological polar surface area (TPSA) is 49.3 Å². The highest BCUT2D eigenvalue weighted by Crippen LogP contribution is 2.10. The van der Waals surface area contributed by atoms with Crippen molar-refractivity contribution in [3.63, 3.8) is 0 Å². The Labute approximate surface area is 111 Å². The molecule has 1 aromatic carbocycles. The van der Waals surface area contributed by atoms with E-state index < -0.39 is 12.0 Å². The van der Waals surface area contributed by atoms with Crippen LogP contribution in [0.1, 0.15) is 12.0 Å². The number of hydrogen-bond donors (Lipinski definition) is 2. The van der Waals surface area contributed by atoms with E-state index in [-0.39, 0.29) is 0 Å². The summed E-state index contributed by atoms with van der Waals surface area (Å²) in [6, 6.07) is 6.90. The average molecular weight is 274 g/mol. The molecule has 2 N–H and O–H groups in total. The third-order valence-corrected chi connectivity index (χ3v) is 3.27. The van der Waals surface area contributed by atoms with Crippen LogP contribution in [0, 0.1) is 0 Å². The number of carbonyl (C=O) groups is 1. The van der Waals surface area contributed by atoms with Crippen molar-refractivity contribution in [3.05, 3.63) is 34.9 Å². The molecule has 0 fully saturated rings. The van der Waals surface area contributed by atoms with Crippen LogP contribution in [-0.4, -0.2) is 29.1 Å². The highest BCUT2D eigenvalue weighted by atomic mass is 35.5. The smallest absolute Gasteiger partial charge is 0.320 e. The van der Waals surface area contributed by atoms with Crippen LogP contribution in [0.2, 0.25) is 5.02 Å². The van der Waals surface area contributed by atoms with Crippen molar-refractivity contribution >= 4 is 29.3 Å². The summed E-state index contributed by atoms with van der Waals surface area (Å²) in [6.07, 6.45) is 2.60. The number of nitrogens with one attached hydrogen (secondary N) is 1. The van der Waals surface area contributed by atoms with Gasteiger partial charge >= 0.3 is 5.97 Å². The minimum absolute atomic E-state index is 0.488. The monoisotopic (exact) mass is 273 g/mol. The van der Waals surface area contributed by atoms with E-state index in [2.05, 4.69) is 5.32 Å². The van der Waals surface area contributed by atoms with E-state index in [1.807, 2.05) is 18.4 Å². The van der Waals surface area contributed by atoms with E-state index in [4.69, 9.17) is 16.7 Å². The quantitative estimate of drug-likeness (QED) is 0.802. The van der Waals surface area contributed by atoms with Gasteiger partial charge in [0, 0.05) is 11.6 Å². The van der Waals surface area contributed by atoms with Crippen LogP contribution in [-0.2, 0) is 11.3 Å². The van der Waals surface area contributed by atoms with E-state index in [0.717, 1.165) is 11.3 Å². The SMILES string of the molecule is CSCC[C@@H](NCc1ccc(Cl)cc1)C(=O)O. The van der Waals surface area contributed by atoms with E-state index in [9.17, 15) is 4.79 Å². The number of benzene rings is 1. The van der Waals surface area contributed by atoms with Crippen molar-refractivity contribution < 1.29 is 9.90 Å². The molecule has 0 saturated carbocycles. The maximum Gasteiger partial charge on any atom is 0.320 e. The van der Waals surface area contributed by atoms with E-state index >= 15 is 0 Å². The van der Waals surface area contributed by atoms with Gasteiger partial charge in [-0.25, -0.2) is 0 Å². The standard InChI is InChI=1S/C12H16ClNO2S/c1-17-7-6-11(12(15)16)14-8-9-2-4-10(13)5-3-9/h2-5,11,14H,6-8H2,1H3,(H,15,16)/t11-/m1/s1. The molecule has 0 aliphatic carbocycles. The first-order valence-electron chi connectivity index (χ1n) is 5.33. The minimum Gasteiger partial charge on any atom is -0.480 e. The molecule has 0 saturated heterocycles. The molecule has 17 heavy (non-hydrogen) atoms. The molecule has 0 heterocycles. The summed E-state index contributed by atoms with van der Waals surface area (Å²) >= 11 is 7.43. The van der Waals surface area contributed by atoms with Crippen molar-refractivity contribution in [2.75, 3.05) is 12.0 Å². The zero-order valence-corrected chi connectivity index (χ0v) is 11.2. The number of hydrogen-bond acceptors (Lipinski definition) is 3. The lowest BCUT2D eigenvalue weighted by molar-refractivity contribution is -0.139. The van der Waals surface area contributed by atoms with Gasteiger partial charge in [-0.1, -0.05) is 23.7 Å². The van der Waals surface area contributed by atoms with Crippen LogP contribution < -0.4 is 5.32 Å². The molecular weight excluding hydrogens is 258 g/mol. The second-order valence-electron chi connectivity index (χ2n) is 3.68. The molecular formula is C12H16ClNO2S. The molecule has 1 atom stereocenters. The Morgan fingerprint density at radius 2 is 2.12 bits per heavy atom. The fraction of sp³-hybridized carbons (Fsp3) is 0.417. The zero-order chi connectivity index (χ0) is 12.7. The van der Waals surface area contributed by atoms with Crippen molar-refractivity contribution in [1.82, 2.24) is 5.32 Å². The summed E-state index contributed by atoms with van der Waals surface area (Å²) in [6.45, 7) is 0.544. The lowest BCUT2D eigenvalue weighted by Crippen LogP contribution is -2.36. The molecule has 0 aliphatic rings. The predicted octanol–water partition coefficient (Wildman–Crippen LogP) is 2.64. The van der Waals surface area contributed by atoms with Gasteiger partial charge < -0.3 is 10.4 Å². The van der Waals surface area contributed by atoms with Crippen LogP contribution in [0.5, 0.6) is 0 Å². The fourth-order valence-electron chi connectivity index (χ4n) is 1.39. The summed E-state index contributed by atoms with van der Waals surface area (Å²) < 4.78 is 0. The largest absolute Gasteiger partial charge is 0.480 e. The average Bonchev–Trinajstić information content (AvgIpc) is 2.31. The molecule has 0 spiro atoms. The molecule has 0 amide bonds. The van der Waals surface area contributed by atoms with Gasteiger partial charge in [-0.3, -0.25) is 4.79 Å². The zero-order valence-electron chi connectivity index (χ0n) is 9.65. The summed E-state index contributed by atoms with van der Waals surface area (Å²) in [4.78, 5) is 11.0. The Morgan fingerprint density at radius 1 is 1.47 bits per heavy atom. The van der Waals surface area contributed by atoms with Crippen molar-refractivity contribution in [2.45, 2.75) is 19.0 Å². The van der Waals surface area contributed by atoms with Crippen molar-refractivity contribution in [3.8, 4) is 0 Å². The fourth-order valence-corrected chi connectivity index (χ4v) is 1.99. The lowest BCUT2D eigenvalue weighted by atomic mass is 10.2. The molecule has 1 aromatic rings. The summed E-state index contributed by atoms with van der Waals surface area (Å²) in [5.41, 5.74) is 1.03. The maximum atomic E-state index is 11.0. The van der Waals surface area contributed by atoms with Gasteiger partial charge in [-0.2, -0.15) is 11.8 Å². The number of halogens is 1. The molecule has 5 heteroatoms. The van der Waals surface area contributed by atoms with Crippen LogP contribution in [0.3, 0.4) is 0 Å². The highest BCUT2D eigenvalue weighted by molar-refractivity contribution is 7.98. The minimum atomic E-state index is -0.798. The molecule has 0 radical (unpaired) electrons. The Kier molecular flexibility index (Phi) is 6.40. The van der Waals surface area contributed by atoms with Crippen LogP contribution in [0.15, 0.2) is 24.3 Å². The number of thioether (sulfide) groups is 1. The molecule has 0 aliphatic heterocycles. The first kappa shape index (κ1) is 14.4. The molecule has 0 bridgehead atoms. The third kappa shape index (κ3) is 5.44. The number of carboxylic acids is 1. The number of aliphatic carboxylic acids is 1.